The Hall–Kier alpha value is -5.61. The number of likely N-dealkylation sites (N-methyl/N-ethyl adjacent to an activating group) is 1. The van der Waals surface area contributed by atoms with Crippen molar-refractivity contribution >= 4 is 17.9 Å². The van der Waals surface area contributed by atoms with Gasteiger partial charge in [-0.2, -0.15) is 0 Å². The molecule has 0 saturated carbocycles. The van der Waals surface area contributed by atoms with E-state index >= 15 is 0 Å². The van der Waals surface area contributed by atoms with Crippen molar-refractivity contribution in [3.8, 4) is 0 Å². The highest BCUT2D eigenvalue weighted by molar-refractivity contribution is 5.71. The van der Waals surface area contributed by atoms with Crippen molar-refractivity contribution in [2.75, 3.05) is 47.5 Å². The summed E-state index contributed by atoms with van der Waals surface area (Å²) in [4.78, 5) is 37.7. The topological polar surface area (TPSA) is 108 Å². The number of aliphatic carboxylic acids is 1. The molecule has 2 atom stereocenters. The summed E-state index contributed by atoms with van der Waals surface area (Å²) < 4.78 is 23.0. The summed E-state index contributed by atoms with van der Waals surface area (Å²) >= 11 is 0. The van der Waals surface area contributed by atoms with Crippen molar-refractivity contribution < 1.29 is 42.9 Å². The lowest BCUT2D eigenvalue weighted by Gasteiger charge is -2.25. The fourth-order valence-electron chi connectivity index (χ4n) is 9.95. The summed E-state index contributed by atoms with van der Waals surface area (Å²) in [6.45, 7) is 4.64. The first-order valence-electron chi connectivity index (χ1n) is 37.9. The number of hydrogen-bond donors (Lipinski definition) is 1. The van der Waals surface area contributed by atoms with E-state index in [1.807, 2.05) is 21.1 Å². The maximum Gasteiger partial charge on any atom is 0.361 e. The third kappa shape index (κ3) is 75.6. The van der Waals surface area contributed by atoms with Gasteiger partial charge in [0.05, 0.1) is 34.4 Å². The summed E-state index contributed by atoms with van der Waals surface area (Å²) in [6.07, 6.45) is 110. The number of allylic oxidation sites excluding steroid dienone is 30. The van der Waals surface area contributed by atoms with Gasteiger partial charge in [0, 0.05) is 12.8 Å². The number of nitrogens with zero attached hydrogens (tertiary/aromatic N) is 1. The summed E-state index contributed by atoms with van der Waals surface area (Å²) in [7, 11) is 5.97. The highest BCUT2D eigenvalue weighted by Gasteiger charge is 2.25. The molecule has 0 aliphatic heterocycles. The van der Waals surface area contributed by atoms with E-state index in [0.29, 0.717) is 23.9 Å². The van der Waals surface area contributed by atoms with Gasteiger partial charge < -0.3 is 28.5 Å². The van der Waals surface area contributed by atoms with Crippen LogP contribution in [0.25, 0.3) is 0 Å². The highest BCUT2D eigenvalue weighted by atomic mass is 16.7. The van der Waals surface area contributed by atoms with Crippen molar-refractivity contribution in [2.24, 2.45) is 0 Å². The molecular formula is C86H140NO8+. The SMILES string of the molecule is CC/C=C\C/C=C\C/C=C\C/C=C\C/C=C\C/C=C\C/C=C\C/C=C\C/C=C\C/C=C\CCCCCCCCCCCCC(=O)OC(COC(=O)CCCCCCCCCCCCCCC/C=C\C/C=C\C/C=C\C/C=C\C/C=C\CC)COC(OCC[N+](C)(C)C)C(=O)O. The van der Waals surface area contributed by atoms with Crippen LogP contribution < -0.4 is 0 Å². The molecule has 0 heterocycles. The van der Waals surface area contributed by atoms with Crippen LogP contribution in [0.3, 0.4) is 0 Å². The zero-order chi connectivity index (χ0) is 69.0. The molecule has 0 aromatic carbocycles. The molecule has 1 N–H and O–H groups in total. The summed E-state index contributed by atoms with van der Waals surface area (Å²) in [5.74, 6) is -2.02. The number of esters is 2. The molecule has 95 heavy (non-hydrogen) atoms. The third-order valence-electron chi connectivity index (χ3n) is 15.7. The molecule has 9 nitrogen and oxygen atoms in total. The second-order valence-corrected chi connectivity index (χ2v) is 25.8. The highest BCUT2D eigenvalue weighted by Crippen LogP contribution is 2.17. The summed E-state index contributed by atoms with van der Waals surface area (Å²) in [5, 5.41) is 9.77. The lowest BCUT2D eigenvalue weighted by Crippen LogP contribution is -2.40. The predicted molar refractivity (Wildman–Crippen MR) is 409 cm³/mol. The molecule has 0 aliphatic rings. The number of carbonyl (C=O) groups is 3. The van der Waals surface area contributed by atoms with Crippen molar-refractivity contribution in [2.45, 2.75) is 296 Å². The minimum Gasteiger partial charge on any atom is -0.477 e. The van der Waals surface area contributed by atoms with E-state index in [2.05, 4.69) is 196 Å². The number of ether oxygens (including phenoxy) is 4. The van der Waals surface area contributed by atoms with Crippen LogP contribution in [-0.2, 0) is 33.3 Å². The maximum absolute atomic E-state index is 13.0. The van der Waals surface area contributed by atoms with Crippen LogP contribution in [0, 0.1) is 0 Å². The van der Waals surface area contributed by atoms with Crippen LogP contribution in [0.5, 0.6) is 0 Å². The summed E-state index contributed by atoms with van der Waals surface area (Å²) in [5.41, 5.74) is 0. The molecule has 0 amide bonds. The van der Waals surface area contributed by atoms with Gasteiger partial charge in [-0.05, 0) is 135 Å². The maximum atomic E-state index is 13.0. The van der Waals surface area contributed by atoms with E-state index in [0.717, 1.165) is 141 Å². The van der Waals surface area contributed by atoms with Gasteiger partial charge in [0.1, 0.15) is 13.2 Å². The van der Waals surface area contributed by atoms with E-state index in [1.165, 1.54) is 109 Å². The van der Waals surface area contributed by atoms with Crippen molar-refractivity contribution in [3.05, 3.63) is 182 Å². The van der Waals surface area contributed by atoms with E-state index in [1.54, 1.807) is 0 Å². The lowest BCUT2D eigenvalue weighted by atomic mass is 10.0. The molecule has 0 bridgehead atoms. The number of hydrogen-bond acceptors (Lipinski definition) is 7. The van der Waals surface area contributed by atoms with Gasteiger partial charge in [-0.15, -0.1) is 0 Å². The number of unbranched alkanes of at least 4 members (excludes halogenated alkanes) is 23. The fraction of sp³-hybridized carbons (Fsp3) is 0.616. The summed E-state index contributed by atoms with van der Waals surface area (Å²) in [6, 6.07) is 0. The van der Waals surface area contributed by atoms with E-state index in [9.17, 15) is 19.5 Å². The molecule has 0 spiro atoms. The Kier molecular flexibility index (Phi) is 69.8. The molecule has 0 fully saturated rings. The molecule has 0 rings (SSSR count). The number of rotatable bonds is 68. The van der Waals surface area contributed by atoms with Crippen molar-refractivity contribution in [1.29, 1.82) is 0 Å². The molecule has 0 aromatic rings. The molecule has 0 saturated heterocycles. The number of carboxylic acid groups (broad SMARTS) is 1. The second-order valence-electron chi connectivity index (χ2n) is 25.8. The Morgan fingerprint density at radius 1 is 0.316 bits per heavy atom. The molecule has 0 aliphatic carbocycles. The molecule has 536 valence electrons. The molecular weight excluding hydrogens is 1170 g/mol. The monoisotopic (exact) mass is 1320 g/mol. The first kappa shape index (κ1) is 89.4. The minimum absolute atomic E-state index is 0.179. The second kappa shape index (κ2) is 74.2. The molecule has 2 unspecified atom stereocenters. The van der Waals surface area contributed by atoms with Gasteiger partial charge in [-0.3, -0.25) is 9.59 Å². The Morgan fingerprint density at radius 3 is 0.842 bits per heavy atom. The van der Waals surface area contributed by atoms with Gasteiger partial charge in [0.25, 0.3) is 6.29 Å². The van der Waals surface area contributed by atoms with E-state index in [-0.39, 0.29) is 32.2 Å². The van der Waals surface area contributed by atoms with Crippen molar-refractivity contribution in [3.63, 3.8) is 0 Å². The molecule has 0 radical (unpaired) electrons. The van der Waals surface area contributed by atoms with Gasteiger partial charge in [0.2, 0.25) is 0 Å². The Labute approximate surface area is 583 Å². The lowest BCUT2D eigenvalue weighted by molar-refractivity contribution is -0.870. The van der Waals surface area contributed by atoms with Gasteiger partial charge in [-0.1, -0.05) is 318 Å². The zero-order valence-corrected chi connectivity index (χ0v) is 61.3. The average molecular weight is 1320 g/mol. The standard InChI is InChI=1S/C86H139NO8/c1-6-8-10-12-14-16-18-20-22-24-26-28-30-32-34-36-37-38-39-40-41-42-43-44-45-46-47-49-51-53-55-57-59-61-63-65-67-69-71-73-75-77-84(89)95-82(81-94-86(85(90)91)92-79-78-87(3,4)5)80-93-83(88)76-74-72-70-68-66-64-62-60-58-56-54-52-50-48-35-33-31-29-27-25-23-21-19-17-15-13-11-9-7-2/h8-11,14-17,20-23,26-29,32-35,37-38,40-41,43-44,46-47,51,53,82,86H,6-7,12-13,18-19,24-25,30-31,36,39,42,45,48-50,52,54-81H2,1-5H3/p+1/b10-8-,11-9-,16-14-,17-15-,22-20-,23-21-,28-26-,29-27-,34-32-,35-33-,38-37-,41-40-,44-43-,47-46-,53-51-. The molecule has 0 aromatic heterocycles. The Balaban J connectivity index is 4.14. The predicted octanol–water partition coefficient (Wildman–Crippen LogP) is 24.4. The number of carbonyl (C=O) groups excluding carboxylic acids is 2. The Bertz CT molecular complexity index is 2220. The van der Waals surface area contributed by atoms with Crippen LogP contribution in [0.1, 0.15) is 284 Å². The van der Waals surface area contributed by atoms with Crippen LogP contribution in [0.2, 0.25) is 0 Å². The van der Waals surface area contributed by atoms with Gasteiger partial charge >= 0.3 is 17.9 Å². The fourth-order valence-corrected chi connectivity index (χ4v) is 9.95. The first-order chi connectivity index (χ1) is 46.6. The average Bonchev–Trinajstić information content (AvgIpc) is 3.54. The zero-order valence-electron chi connectivity index (χ0n) is 61.3. The minimum atomic E-state index is -1.52. The number of quaternary nitrogens is 1. The van der Waals surface area contributed by atoms with Gasteiger partial charge in [0.15, 0.2) is 6.10 Å². The normalized spacial score (nSPS) is 13.7. The molecule has 9 heteroatoms. The third-order valence-corrected chi connectivity index (χ3v) is 15.7. The quantitative estimate of drug-likeness (QED) is 0.0211. The van der Waals surface area contributed by atoms with Crippen LogP contribution >= 0.6 is 0 Å². The number of carboxylic acids is 1. The van der Waals surface area contributed by atoms with Crippen LogP contribution in [0.15, 0.2) is 182 Å². The van der Waals surface area contributed by atoms with Crippen LogP contribution in [0.4, 0.5) is 0 Å². The van der Waals surface area contributed by atoms with E-state index < -0.39 is 24.3 Å². The van der Waals surface area contributed by atoms with Crippen LogP contribution in [-0.4, -0.2) is 87.4 Å². The van der Waals surface area contributed by atoms with Gasteiger partial charge in [-0.25, -0.2) is 4.79 Å². The van der Waals surface area contributed by atoms with E-state index in [4.69, 9.17) is 18.9 Å². The largest absolute Gasteiger partial charge is 0.477 e. The smallest absolute Gasteiger partial charge is 0.361 e. The first-order valence-corrected chi connectivity index (χ1v) is 37.9. The Morgan fingerprint density at radius 2 is 0.568 bits per heavy atom. The van der Waals surface area contributed by atoms with Crippen molar-refractivity contribution in [1.82, 2.24) is 0 Å².